The Morgan fingerprint density at radius 3 is 2.84 bits per heavy atom. The summed E-state index contributed by atoms with van der Waals surface area (Å²) in [5, 5.41) is 3.40. The number of nitrogens with zero attached hydrogens (tertiary/aromatic N) is 2. The Morgan fingerprint density at radius 2 is 2.21 bits per heavy atom. The quantitative estimate of drug-likeness (QED) is 0.913. The van der Waals surface area contributed by atoms with Gasteiger partial charge in [0.05, 0.1) is 0 Å². The number of aryl methyl sites for hydroxylation is 2. The van der Waals surface area contributed by atoms with Crippen molar-refractivity contribution in [3.8, 4) is 0 Å². The van der Waals surface area contributed by atoms with Gasteiger partial charge in [-0.2, -0.15) is 0 Å². The molecule has 0 aliphatic heterocycles. The van der Waals surface area contributed by atoms with Gasteiger partial charge >= 0.3 is 0 Å². The molecule has 0 saturated heterocycles. The molecule has 19 heavy (non-hydrogen) atoms. The Hall–Kier alpha value is -1.13. The molecule has 0 spiro atoms. The summed E-state index contributed by atoms with van der Waals surface area (Å²) in [6.07, 6.45) is 4.82. The molecular formula is C15H20BrN3. The molecule has 4 heteroatoms. The highest BCUT2D eigenvalue weighted by Gasteiger charge is 2.15. The van der Waals surface area contributed by atoms with E-state index in [1.165, 1.54) is 11.1 Å². The fraction of sp³-hybridized carbons (Fsp3) is 0.400. The minimum absolute atomic E-state index is 0.292. The van der Waals surface area contributed by atoms with Crippen LogP contribution in [0.15, 0.2) is 35.1 Å². The van der Waals surface area contributed by atoms with Gasteiger partial charge in [-0.15, -0.1) is 0 Å². The maximum absolute atomic E-state index is 4.46. The third-order valence-electron chi connectivity index (χ3n) is 3.48. The first-order chi connectivity index (χ1) is 9.15. The van der Waals surface area contributed by atoms with E-state index in [-0.39, 0.29) is 0 Å². The van der Waals surface area contributed by atoms with Gasteiger partial charge in [0.25, 0.3) is 0 Å². The van der Waals surface area contributed by atoms with Crippen LogP contribution in [0, 0.1) is 6.92 Å². The molecule has 0 bridgehead atoms. The Balaban J connectivity index is 2.25. The molecule has 2 aromatic rings. The van der Waals surface area contributed by atoms with E-state index in [1.807, 2.05) is 19.4 Å². The molecule has 1 N–H and O–H groups in total. The smallest absolute Gasteiger partial charge is 0.110 e. The van der Waals surface area contributed by atoms with E-state index < -0.39 is 0 Å². The summed E-state index contributed by atoms with van der Waals surface area (Å²) in [6, 6.07) is 6.73. The first-order valence-electron chi connectivity index (χ1n) is 6.59. The lowest BCUT2D eigenvalue weighted by atomic mass is 9.98. The normalized spacial score (nSPS) is 12.6. The molecule has 1 heterocycles. The van der Waals surface area contributed by atoms with Crippen LogP contribution in [0.5, 0.6) is 0 Å². The van der Waals surface area contributed by atoms with Crippen LogP contribution in [0.25, 0.3) is 0 Å². The summed E-state index contributed by atoms with van der Waals surface area (Å²) in [7, 11) is 2.01. The largest absolute Gasteiger partial charge is 0.335 e. The highest BCUT2D eigenvalue weighted by molar-refractivity contribution is 9.10. The van der Waals surface area contributed by atoms with Gasteiger partial charge in [-0.3, -0.25) is 0 Å². The summed E-state index contributed by atoms with van der Waals surface area (Å²) in [5.74, 6) is 1.13. The second kappa shape index (κ2) is 6.35. The fourth-order valence-electron chi connectivity index (χ4n) is 2.40. The molecule has 1 aromatic carbocycles. The first kappa shape index (κ1) is 14.3. The Bertz CT molecular complexity index is 548. The molecule has 0 aliphatic rings. The molecule has 0 radical (unpaired) electrons. The van der Waals surface area contributed by atoms with Crippen LogP contribution in [-0.2, 0) is 13.0 Å². The molecule has 1 unspecified atom stereocenters. The van der Waals surface area contributed by atoms with Gasteiger partial charge < -0.3 is 9.88 Å². The number of aromatic nitrogens is 2. The molecule has 2 rings (SSSR count). The summed E-state index contributed by atoms with van der Waals surface area (Å²) in [4.78, 5) is 4.46. The topological polar surface area (TPSA) is 29.9 Å². The maximum Gasteiger partial charge on any atom is 0.110 e. The predicted molar refractivity (Wildman–Crippen MR) is 82.3 cm³/mol. The molecule has 102 valence electrons. The standard InChI is InChI=1S/C15H20BrN3/c1-4-19-8-7-18-15(19)10-14(17-3)13-6-5-12(16)9-11(13)2/h5-9,14,17H,4,10H2,1-3H3. The van der Waals surface area contributed by atoms with Crippen LogP contribution in [0.2, 0.25) is 0 Å². The minimum atomic E-state index is 0.292. The first-order valence-corrected chi connectivity index (χ1v) is 7.38. The second-order valence-corrected chi connectivity index (χ2v) is 5.59. The van der Waals surface area contributed by atoms with Crippen LogP contribution in [0.1, 0.15) is 29.9 Å². The summed E-state index contributed by atoms with van der Waals surface area (Å²) in [6.45, 7) is 5.26. The maximum atomic E-state index is 4.46. The molecular weight excluding hydrogens is 302 g/mol. The molecule has 0 aliphatic carbocycles. The molecule has 3 nitrogen and oxygen atoms in total. The van der Waals surface area contributed by atoms with Crippen molar-refractivity contribution in [3.05, 3.63) is 52.0 Å². The van der Waals surface area contributed by atoms with Gasteiger partial charge in [-0.1, -0.05) is 22.0 Å². The highest BCUT2D eigenvalue weighted by atomic mass is 79.9. The average Bonchev–Trinajstić information content (AvgIpc) is 2.84. The van der Waals surface area contributed by atoms with E-state index in [2.05, 4.69) is 62.8 Å². The van der Waals surface area contributed by atoms with Gasteiger partial charge in [0.15, 0.2) is 0 Å². The number of rotatable bonds is 5. The van der Waals surface area contributed by atoms with E-state index in [1.54, 1.807) is 0 Å². The number of halogens is 1. The number of imidazole rings is 1. The van der Waals surface area contributed by atoms with Crippen molar-refractivity contribution in [2.45, 2.75) is 32.9 Å². The van der Waals surface area contributed by atoms with Crippen molar-refractivity contribution in [1.82, 2.24) is 14.9 Å². The van der Waals surface area contributed by atoms with E-state index in [0.29, 0.717) is 6.04 Å². The zero-order valence-electron chi connectivity index (χ0n) is 11.7. The summed E-state index contributed by atoms with van der Waals surface area (Å²) < 4.78 is 3.32. The third kappa shape index (κ3) is 3.25. The van der Waals surface area contributed by atoms with Crippen molar-refractivity contribution in [1.29, 1.82) is 0 Å². The van der Waals surface area contributed by atoms with E-state index in [4.69, 9.17) is 0 Å². The van der Waals surface area contributed by atoms with E-state index in [0.717, 1.165) is 23.3 Å². The summed E-state index contributed by atoms with van der Waals surface area (Å²) in [5.41, 5.74) is 2.62. The summed E-state index contributed by atoms with van der Waals surface area (Å²) >= 11 is 3.51. The fourth-order valence-corrected chi connectivity index (χ4v) is 2.87. The number of hydrogen-bond donors (Lipinski definition) is 1. The molecule has 1 aromatic heterocycles. The molecule has 0 amide bonds. The molecule has 0 fully saturated rings. The van der Waals surface area contributed by atoms with Crippen molar-refractivity contribution in [2.24, 2.45) is 0 Å². The Labute approximate surface area is 123 Å². The number of nitrogens with one attached hydrogen (secondary N) is 1. The predicted octanol–water partition coefficient (Wildman–Crippen LogP) is 3.48. The van der Waals surface area contributed by atoms with Gasteiger partial charge in [0.2, 0.25) is 0 Å². The van der Waals surface area contributed by atoms with Crippen molar-refractivity contribution < 1.29 is 0 Å². The second-order valence-electron chi connectivity index (χ2n) is 4.68. The van der Waals surface area contributed by atoms with Crippen molar-refractivity contribution in [2.75, 3.05) is 7.05 Å². The number of likely N-dealkylation sites (N-methyl/N-ethyl adjacent to an activating group) is 1. The highest BCUT2D eigenvalue weighted by Crippen LogP contribution is 2.24. The zero-order valence-corrected chi connectivity index (χ0v) is 13.2. The molecule has 0 saturated carbocycles. The van der Waals surface area contributed by atoms with Crippen LogP contribution in [0.4, 0.5) is 0 Å². The number of benzene rings is 1. The van der Waals surface area contributed by atoms with Crippen LogP contribution in [-0.4, -0.2) is 16.6 Å². The SMILES string of the molecule is CCn1ccnc1CC(NC)c1ccc(Br)cc1C. The molecule has 1 atom stereocenters. The minimum Gasteiger partial charge on any atom is -0.335 e. The monoisotopic (exact) mass is 321 g/mol. The van der Waals surface area contributed by atoms with E-state index >= 15 is 0 Å². The third-order valence-corrected chi connectivity index (χ3v) is 3.98. The Kier molecular flexibility index (Phi) is 4.77. The van der Waals surface area contributed by atoms with Crippen molar-refractivity contribution in [3.63, 3.8) is 0 Å². The van der Waals surface area contributed by atoms with Crippen LogP contribution < -0.4 is 5.32 Å². The average molecular weight is 322 g/mol. The van der Waals surface area contributed by atoms with Gasteiger partial charge in [-0.05, 0) is 44.2 Å². The van der Waals surface area contributed by atoms with Crippen molar-refractivity contribution >= 4 is 15.9 Å². The lowest BCUT2D eigenvalue weighted by Crippen LogP contribution is -2.21. The van der Waals surface area contributed by atoms with Gasteiger partial charge in [0.1, 0.15) is 5.82 Å². The van der Waals surface area contributed by atoms with Crippen LogP contribution >= 0.6 is 15.9 Å². The lowest BCUT2D eigenvalue weighted by molar-refractivity contribution is 0.551. The number of hydrogen-bond acceptors (Lipinski definition) is 2. The van der Waals surface area contributed by atoms with Crippen LogP contribution in [0.3, 0.4) is 0 Å². The van der Waals surface area contributed by atoms with E-state index in [9.17, 15) is 0 Å². The Morgan fingerprint density at radius 1 is 1.42 bits per heavy atom. The van der Waals surface area contributed by atoms with Gasteiger partial charge in [0, 0.05) is 35.9 Å². The lowest BCUT2D eigenvalue weighted by Gasteiger charge is -2.19. The zero-order chi connectivity index (χ0) is 13.8. The van der Waals surface area contributed by atoms with Gasteiger partial charge in [-0.25, -0.2) is 4.98 Å².